The molecule has 4 nitrogen and oxygen atoms in total. The number of ether oxygens (including phenoxy) is 2. The molecule has 0 aromatic carbocycles. The molecule has 0 bridgehead atoms. The lowest BCUT2D eigenvalue weighted by Gasteiger charge is -2.19. The molecule has 13 heavy (non-hydrogen) atoms. The Balaban J connectivity index is 2.12. The lowest BCUT2D eigenvalue weighted by molar-refractivity contribution is 0.143. The molecule has 0 N–H and O–H groups in total. The minimum atomic E-state index is 0.399. The molecule has 1 atom stereocenters. The van der Waals surface area contributed by atoms with Crippen molar-refractivity contribution in [3.05, 3.63) is 0 Å². The number of hydrogen-bond donors (Lipinski definition) is 0. The zero-order valence-corrected chi connectivity index (χ0v) is 8.03. The molecule has 0 amide bonds. The highest BCUT2D eigenvalue weighted by atomic mass is 16.6. The summed E-state index contributed by atoms with van der Waals surface area (Å²) in [5.41, 5.74) is 0. The third-order valence-corrected chi connectivity index (χ3v) is 2.02. The minimum Gasteiger partial charge on any atom is -0.383 e. The third-order valence-electron chi connectivity index (χ3n) is 2.02. The van der Waals surface area contributed by atoms with Crippen molar-refractivity contribution in [2.45, 2.75) is 12.5 Å². The summed E-state index contributed by atoms with van der Waals surface area (Å²) in [7, 11) is 1.69. The number of hydrogen-bond acceptors (Lipinski definition) is 4. The SMILES string of the molecule is COCCN(CCC#N)CC1CO1. The quantitative estimate of drug-likeness (QED) is 0.532. The predicted molar refractivity (Wildman–Crippen MR) is 48.3 cm³/mol. The molecule has 74 valence electrons. The van der Waals surface area contributed by atoms with E-state index in [1.54, 1.807) is 7.11 Å². The Kier molecular flexibility index (Phi) is 4.76. The molecule has 1 heterocycles. The summed E-state index contributed by atoms with van der Waals surface area (Å²) >= 11 is 0. The Bertz CT molecular complexity index is 175. The molecular formula is C9H16N2O2. The van der Waals surface area contributed by atoms with Gasteiger partial charge in [0, 0.05) is 33.2 Å². The molecule has 0 aromatic rings. The molecular weight excluding hydrogens is 168 g/mol. The van der Waals surface area contributed by atoms with Crippen LogP contribution < -0.4 is 0 Å². The zero-order valence-electron chi connectivity index (χ0n) is 8.03. The first-order valence-corrected chi connectivity index (χ1v) is 4.56. The van der Waals surface area contributed by atoms with Crippen LogP contribution in [0.3, 0.4) is 0 Å². The first-order valence-electron chi connectivity index (χ1n) is 4.56. The van der Waals surface area contributed by atoms with Gasteiger partial charge < -0.3 is 9.47 Å². The second-order valence-corrected chi connectivity index (χ2v) is 3.16. The molecule has 0 saturated carbocycles. The van der Waals surface area contributed by atoms with Crippen molar-refractivity contribution in [1.82, 2.24) is 4.90 Å². The van der Waals surface area contributed by atoms with E-state index in [2.05, 4.69) is 11.0 Å². The Labute approximate surface area is 79.0 Å². The van der Waals surface area contributed by atoms with E-state index in [4.69, 9.17) is 14.7 Å². The highest BCUT2D eigenvalue weighted by molar-refractivity contribution is 4.78. The number of nitrogens with zero attached hydrogens (tertiary/aromatic N) is 2. The molecule has 1 saturated heterocycles. The van der Waals surface area contributed by atoms with Gasteiger partial charge in [-0.1, -0.05) is 0 Å². The van der Waals surface area contributed by atoms with E-state index in [1.165, 1.54) is 0 Å². The lowest BCUT2D eigenvalue weighted by Crippen LogP contribution is -2.31. The molecule has 4 heteroatoms. The Morgan fingerprint density at radius 2 is 2.38 bits per heavy atom. The van der Waals surface area contributed by atoms with Gasteiger partial charge >= 0.3 is 0 Å². The van der Waals surface area contributed by atoms with Gasteiger partial charge in [-0.15, -0.1) is 0 Å². The maximum absolute atomic E-state index is 8.45. The van der Waals surface area contributed by atoms with Gasteiger partial charge in [-0.2, -0.15) is 5.26 Å². The monoisotopic (exact) mass is 184 g/mol. The van der Waals surface area contributed by atoms with E-state index >= 15 is 0 Å². The minimum absolute atomic E-state index is 0.399. The van der Waals surface area contributed by atoms with Crippen molar-refractivity contribution in [2.24, 2.45) is 0 Å². The fourth-order valence-electron chi connectivity index (χ4n) is 1.18. The Hall–Kier alpha value is -0.630. The highest BCUT2D eigenvalue weighted by Gasteiger charge is 2.24. The summed E-state index contributed by atoms with van der Waals surface area (Å²) in [5.74, 6) is 0. The predicted octanol–water partition coefficient (Wildman–Crippen LogP) is 0.247. The normalized spacial score (nSPS) is 20.2. The summed E-state index contributed by atoms with van der Waals surface area (Å²) in [6, 6.07) is 2.14. The van der Waals surface area contributed by atoms with E-state index in [9.17, 15) is 0 Å². The molecule has 0 aliphatic carbocycles. The van der Waals surface area contributed by atoms with Crippen LogP contribution in [0.15, 0.2) is 0 Å². The van der Waals surface area contributed by atoms with Crippen molar-refractivity contribution in [3.63, 3.8) is 0 Å². The smallest absolute Gasteiger partial charge is 0.0936 e. The van der Waals surface area contributed by atoms with Crippen molar-refractivity contribution < 1.29 is 9.47 Å². The van der Waals surface area contributed by atoms with Crippen LogP contribution in [0.5, 0.6) is 0 Å². The number of methoxy groups -OCH3 is 1. The molecule has 0 spiro atoms. The van der Waals surface area contributed by atoms with E-state index in [-0.39, 0.29) is 0 Å². The second kappa shape index (κ2) is 5.92. The first kappa shape index (κ1) is 10.5. The van der Waals surface area contributed by atoms with Gasteiger partial charge in [0.15, 0.2) is 0 Å². The third kappa shape index (κ3) is 4.83. The maximum atomic E-state index is 8.45. The van der Waals surface area contributed by atoms with Crippen molar-refractivity contribution in [3.8, 4) is 6.07 Å². The summed E-state index contributed by atoms with van der Waals surface area (Å²) in [5, 5.41) is 8.45. The van der Waals surface area contributed by atoms with Crippen LogP contribution in [0.2, 0.25) is 0 Å². The standard InChI is InChI=1S/C9H16N2O2/c1-12-6-5-11(4-2-3-10)7-9-8-13-9/h9H,2,4-8H2,1H3. The Morgan fingerprint density at radius 3 is 2.92 bits per heavy atom. The molecule has 1 aliphatic rings. The van der Waals surface area contributed by atoms with E-state index in [1.807, 2.05) is 0 Å². The molecule has 1 unspecified atom stereocenters. The van der Waals surface area contributed by atoms with Crippen LogP contribution in [0.25, 0.3) is 0 Å². The molecule has 1 aliphatic heterocycles. The van der Waals surface area contributed by atoms with Crippen molar-refractivity contribution in [1.29, 1.82) is 5.26 Å². The van der Waals surface area contributed by atoms with E-state index in [0.29, 0.717) is 12.5 Å². The maximum Gasteiger partial charge on any atom is 0.0936 e. The number of nitriles is 1. The van der Waals surface area contributed by atoms with E-state index in [0.717, 1.165) is 32.8 Å². The largest absolute Gasteiger partial charge is 0.383 e. The average Bonchev–Trinajstić information content (AvgIpc) is 2.93. The van der Waals surface area contributed by atoms with Gasteiger partial charge in [-0.25, -0.2) is 0 Å². The zero-order chi connectivity index (χ0) is 9.52. The second-order valence-electron chi connectivity index (χ2n) is 3.16. The Morgan fingerprint density at radius 1 is 1.62 bits per heavy atom. The van der Waals surface area contributed by atoms with Crippen LogP contribution >= 0.6 is 0 Å². The van der Waals surface area contributed by atoms with Crippen LogP contribution in [-0.4, -0.2) is 51.0 Å². The van der Waals surface area contributed by atoms with Gasteiger partial charge in [0.25, 0.3) is 0 Å². The van der Waals surface area contributed by atoms with Crippen LogP contribution in [0.4, 0.5) is 0 Å². The number of epoxide rings is 1. The molecule has 1 fully saturated rings. The fraction of sp³-hybridized carbons (Fsp3) is 0.889. The topological polar surface area (TPSA) is 48.8 Å². The van der Waals surface area contributed by atoms with Crippen molar-refractivity contribution in [2.75, 3.05) is 40.0 Å². The van der Waals surface area contributed by atoms with Crippen LogP contribution in [0.1, 0.15) is 6.42 Å². The van der Waals surface area contributed by atoms with E-state index < -0.39 is 0 Å². The van der Waals surface area contributed by atoms with Gasteiger partial charge in [0.1, 0.15) is 0 Å². The van der Waals surface area contributed by atoms with Crippen LogP contribution in [-0.2, 0) is 9.47 Å². The summed E-state index contributed by atoms with van der Waals surface area (Å²) in [4.78, 5) is 2.21. The van der Waals surface area contributed by atoms with Gasteiger partial charge in [0.05, 0.1) is 25.4 Å². The fourth-order valence-corrected chi connectivity index (χ4v) is 1.18. The first-order chi connectivity index (χ1) is 6.36. The number of rotatable bonds is 7. The van der Waals surface area contributed by atoms with Gasteiger partial charge in [-0.3, -0.25) is 4.90 Å². The molecule has 0 radical (unpaired) electrons. The summed E-state index contributed by atoms with van der Waals surface area (Å²) < 4.78 is 10.1. The van der Waals surface area contributed by atoms with Gasteiger partial charge in [0.2, 0.25) is 0 Å². The molecule has 0 aromatic heterocycles. The summed E-state index contributed by atoms with van der Waals surface area (Å²) in [6.45, 7) is 4.23. The highest BCUT2D eigenvalue weighted by Crippen LogP contribution is 2.10. The average molecular weight is 184 g/mol. The summed E-state index contributed by atoms with van der Waals surface area (Å²) in [6.07, 6.45) is 0.978. The van der Waals surface area contributed by atoms with Crippen LogP contribution in [0, 0.1) is 11.3 Å². The van der Waals surface area contributed by atoms with Crippen molar-refractivity contribution >= 4 is 0 Å². The lowest BCUT2D eigenvalue weighted by atomic mass is 10.3. The van der Waals surface area contributed by atoms with Gasteiger partial charge in [-0.05, 0) is 0 Å². The molecule has 1 rings (SSSR count).